The van der Waals surface area contributed by atoms with Crippen molar-refractivity contribution in [2.45, 2.75) is 62.7 Å². The number of nitrogens with zero attached hydrogens (tertiary/aromatic N) is 2. The fraction of sp³-hybridized carbons (Fsp3) is 0.818. The van der Waals surface area contributed by atoms with Crippen molar-refractivity contribution in [1.29, 1.82) is 0 Å². The van der Waals surface area contributed by atoms with E-state index in [4.69, 9.17) is 0 Å². The summed E-state index contributed by atoms with van der Waals surface area (Å²) >= 11 is 7.76. The summed E-state index contributed by atoms with van der Waals surface area (Å²) < 4.78 is 1.28. The minimum absolute atomic E-state index is 0.616. The zero-order chi connectivity index (χ0) is 17.9. The molecule has 4 aliphatic rings. The Kier molecular flexibility index (Phi) is 6.85. The zero-order valence-electron chi connectivity index (χ0n) is 16.0. The number of piperidine rings is 1. The number of hydrogen-bond donors (Lipinski definition) is 0. The Balaban J connectivity index is 1.45. The van der Waals surface area contributed by atoms with Gasteiger partial charge in [-0.05, 0) is 84.3 Å². The Morgan fingerprint density at radius 3 is 2.31 bits per heavy atom. The molecule has 0 aromatic heterocycles. The van der Waals surface area contributed by atoms with Gasteiger partial charge < -0.3 is 4.90 Å². The number of hydrogen-bond acceptors (Lipinski definition) is 2. The lowest BCUT2D eigenvalue weighted by Crippen LogP contribution is -2.46. The molecule has 2 aliphatic heterocycles. The van der Waals surface area contributed by atoms with Crippen LogP contribution < -0.4 is 0 Å². The van der Waals surface area contributed by atoms with E-state index in [-0.39, 0.29) is 0 Å². The first-order chi connectivity index (χ1) is 12.7. The van der Waals surface area contributed by atoms with Crippen LogP contribution in [0.2, 0.25) is 0 Å². The molecule has 4 heteroatoms. The fourth-order valence-electron chi connectivity index (χ4n) is 5.95. The molecule has 0 N–H and O–H groups in total. The second-order valence-electron chi connectivity index (χ2n) is 9.04. The summed E-state index contributed by atoms with van der Waals surface area (Å²) in [5.41, 5.74) is 0. The highest BCUT2D eigenvalue weighted by atomic mass is 79.9. The van der Waals surface area contributed by atoms with Crippen LogP contribution in [0.4, 0.5) is 0 Å². The molecule has 0 aromatic carbocycles. The van der Waals surface area contributed by atoms with E-state index in [2.05, 4.69) is 59.9 Å². The number of fused-ring (bicyclic) bond motifs is 1. The Morgan fingerprint density at radius 1 is 0.923 bits per heavy atom. The Labute approximate surface area is 176 Å². The lowest BCUT2D eigenvalue weighted by molar-refractivity contribution is 0.0367. The van der Waals surface area contributed by atoms with E-state index in [9.17, 15) is 0 Å². The highest BCUT2D eigenvalue weighted by Crippen LogP contribution is 2.46. The Bertz CT molecular complexity index is 532. The third-order valence-electron chi connectivity index (χ3n) is 7.40. The smallest absolute Gasteiger partial charge is 0.0808 e. The maximum Gasteiger partial charge on any atom is 0.0808 e. The second-order valence-corrected chi connectivity index (χ2v) is 10.9. The SMILES string of the molecule is BrC1=CC=CCN1CC1CC2CCCCC2CC1CN1CCCCC1Br. The first kappa shape index (κ1) is 19.5. The average Bonchev–Trinajstić information content (AvgIpc) is 2.66. The third-order valence-corrected chi connectivity index (χ3v) is 9.20. The molecule has 5 unspecified atom stereocenters. The van der Waals surface area contributed by atoms with Crippen LogP contribution in [0, 0.1) is 23.7 Å². The van der Waals surface area contributed by atoms with Crippen LogP contribution in [0.3, 0.4) is 0 Å². The first-order valence-corrected chi connectivity index (χ1v) is 12.6. The standard InChI is InChI=1S/C22H34Br2N2/c23-21-9-3-5-11-25(21)15-19-13-17-7-1-2-8-18(17)14-20(19)16-26-12-6-4-10-22(26)24/h3,5,9,17-20,22H,1-2,4,6-8,10-16H2. The maximum atomic E-state index is 3.97. The molecule has 26 heavy (non-hydrogen) atoms. The second kappa shape index (κ2) is 9.13. The summed E-state index contributed by atoms with van der Waals surface area (Å²) in [7, 11) is 0. The van der Waals surface area contributed by atoms with Gasteiger partial charge in [-0.3, -0.25) is 4.90 Å². The summed E-state index contributed by atoms with van der Waals surface area (Å²) in [6, 6.07) is 0. The molecule has 0 bridgehead atoms. The van der Waals surface area contributed by atoms with Crippen LogP contribution in [0.25, 0.3) is 0 Å². The molecule has 3 fully saturated rings. The molecule has 1 saturated heterocycles. The average molecular weight is 486 g/mol. The molecule has 0 radical (unpaired) electrons. The molecule has 0 spiro atoms. The van der Waals surface area contributed by atoms with Gasteiger partial charge in [-0.25, -0.2) is 0 Å². The van der Waals surface area contributed by atoms with Gasteiger partial charge in [0.05, 0.1) is 9.56 Å². The monoisotopic (exact) mass is 484 g/mol. The molecule has 2 heterocycles. The van der Waals surface area contributed by atoms with Gasteiger partial charge in [0.15, 0.2) is 0 Å². The molecular formula is C22H34Br2N2. The number of likely N-dealkylation sites (tertiary alicyclic amines) is 1. The predicted octanol–water partition coefficient (Wildman–Crippen LogP) is 6.13. The van der Waals surface area contributed by atoms with Crippen molar-refractivity contribution in [3.63, 3.8) is 0 Å². The van der Waals surface area contributed by atoms with Gasteiger partial charge in [-0.2, -0.15) is 0 Å². The van der Waals surface area contributed by atoms with Gasteiger partial charge in [0.2, 0.25) is 0 Å². The van der Waals surface area contributed by atoms with Crippen LogP contribution >= 0.6 is 31.9 Å². The van der Waals surface area contributed by atoms with Crippen molar-refractivity contribution >= 4 is 31.9 Å². The van der Waals surface area contributed by atoms with Gasteiger partial charge in [-0.15, -0.1) is 0 Å². The minimum atomic E-state index is 0.616. The van der Waals surface area contributed by atoms with Crippen molar-refractivity contribution in [3.8, 4) is 0 Å². The van der Waals surface area contributed by atoms with Gasteiger partial charge in [-0.1, -0.05) is 53.8 Å². The summed E-state index contributed by atoms with van der Waals surface area (Å²) in [6.45, 7) is 4.91. The third kappa shape index (κ3) is 4.60. The van der Waals surface area contributed by atoms with E-state index in [1.807, 2.05) is 0 Å². The molecular weight excluding hydrogens is 452 g/mol. The summed E-state index contributed by atoms with van der Waals surface area (Å²) in [5, 5.41) is 0. The van der Waals surface area contributed by atoms with Crippen LogP contribution in [0.5, 0.6) is 0 Å². The van der Waals surface area contributed by atoms with Crippen molar-refractivity contribution < 1.29 is 0 Å². The van der Waals surface area contributed by atoms with Crippen molar-refractivity contribution in [1.82, 2.24) is 9.80 Å². The van der Waals surface area contributed by atoms with E-state index >= 15 is 0 Å². The Hall–Kier alpha value is 0.200. The van der Waals surface area contributed by atoms with Crippen molar-refractivity contribution in [2.24, 2.45) is 23.7 Å². The van der Waals surface area contributed by atoms with E-state index in [0.29, 0.717) is 4.95 Å². The minimum Gasteiger partial charge on any atom is -0.362 e. The zero-order valence-corrected chi connectivity index (χ0v) is 19.1. The molecule has 2 nitrogen and oxygen atoms in total. The van der Waals surface area contributed by atoms with Gasteiger partial charge in [0, 0.05) is 19.6 Å². The summed E-state index contributed by atoms with van der Waals surface area (Å²) in [5.74, 6) is 3.75. The van der Waals surface area contributed by atoms with Crippen LogP contribution in [0.15, 0.2) is 22.8 Å². The van der Waals surface area contributed by atoms with Gasteiger partial charge in [0.25, 0.3) is 0 Å². The van der Waals surface area contributed by atoms with E-state index < -0.39 is 0 Å². The largest absolute Gasteiger partial charge is 0.362 e. The number of alkyl halides is 1. The topological polar surface area (TPSA) is 6.48 Å². The molecule has 4 rings (SSSR count). The molecule has 5 atom stereocenters. The molecule has 146 valence electrons. The molecule has 0 aromatic rings. The maximum absolute atomic E-state index is 3.97. The lowest BCUT2D eigenvalue weighted by atomic mass is 9.63. The molecule has 0 amide bonds. The van der Waals surface area contributed by atoms with Crippen LogP contribution in [-0.4, -0.2) is 40.9 Å². The predicted molar refractivity (Wildman–Crippen MR) is 118 cm³/mol. The lowest BCUT2D eigenvalue weighted by Gasteiger charge is -2.47. The quantitative estimate of drug-likeness (QED) is 0.348. The van der Waals surface area contributed by atoms with Crippen LogP contribution in [-0.2, 0) is 0 Å². The van der Waals surface area contributed by atoms with Crippen molar-refractivity contribution in [3.05, 3.63) is 22.8 Å². The summed E-state index contributed by atoms with van der Waals surface area (Å²) in [4.78, 5) is 5.93. The van der Waals surface area contributed by atoms with Crippen molar-refractivity contribution in [2.75, 3.05) is 26.2 Å². The van der Waals surface area contributed by atoms with E-state index in [1.165, 1.54) is 82.0 Å². The highest BCUT2D eigenvalue weighted by molar-refractivity contribution is 9.11. The van der Waals surface area contributed by atoms with Gasteiger partial charge in [0.1, 0.15) is 0 Å². The molecule has 2 saturated carbocycles. The van der Waals surface area contributed by atoms with E-state index in [1.54, 1.807) is 0 Å². The number of halogens is 2. The number of rotatable bonds is 4. The Morgan fingerprint density at radius 2 is 1.62 bits per heavy atom. The fourth-order valence-corrected chi connectivity index (χ4v) is 7.08. The first-order valence-electron chi connectivity index (χ1n) is 10.9. The van der Waals surface area contributed by atoms with Gasteiger partial charge >= 0.3 is 0 Å². The number of allylic oxidation sites excluding steroid dienone is 2. The highest BCUT2D eigenvalue weighted by Gasteiger charge is 2.40. The normalized spacial score (nSPS) is 38.8. The molecule has 2 aliphatic carbocycles. The van der Waals surface area contributed by atoms with Crippen LogP contribution in [0.1, 0.15) is 57.8 Å². The summed E-state index contributed by atoms with van der Waals surface area (Å²) in [6.07, 6.45) is 19.7. The van der Waals surface area contributed by atoms with E-state index in [0.717, 1.165) is 30.2 Å².